The fourth-order valence-electron chi connectivity index (χ4n) is 2.37. The van der Waals surface area contributed by atoms with Gasteiger partial charge in [-0.25, -0.2) is 14.8 Å². The molecule has 0 aromatic carbocycles. The van der Waals surface area contributed by atoms with Gasteiger partial charge in [0.05, 0.1) is 0 Å². The number of anilines is 1. The van der Waals surface area contributed by atoms with E-state index < -0.39 is 5.97 Å². The van der Waals surface area contributed by atoms with E-state index in [0.717, 1.165) is 25.9 Å². The molecule has 0 aliphatic carbocycles. The van der Waals surface area contributed by atoms with Gasteiger partial charge in [-0.15, -0.1) is 0 Å². The summed E-state index contributed by atoms with van der Waals surface area (Å²) in [5.74, 6) is -0.0714. The molecule has 23 heavy (non-hydrogen) atoms. The molecule has 2 aromatic heterocycles. The smallest absolute Gasteiger partial charge is 0.357 e. The van der Waals surface area contributed by atoms with E-state index in [1.807, 2.05) is 4.90 Å². The topological polar surface area (TPSA) is 101 Å². The summed E-state index contributed by atoms with van der Waals surface area (Å²) in [4.78, 5) is 34.3. The van der Waals surface area contributed by atoms with Gasteiger partial charge in [0, 0.05) is 31.0 Å². The SMILES string of the molecule is Cc1cc(=O)c(COC(=O)c2ccnc(N3CCCC3)n2)n[nH]1. The van der Waals surface area contributed by atoms with Crippen LogP contribution >= 0.6 is 0 Å². The van der Waals surface area contributed by atoms with Crippen molar-refractivity contribution in [2.24, 2.45) is 0 Å². The number of nitrogens with zero attached hydrogens (tertiary/aromatic N) is 4. The van der Waals surface area contributed by atoms with Gasteiger partial charge < -0.3 is 9.64 Å². The van der Waals surface area contributed by atoms with E-state index in [1.165, 1.54) is 18.3 Å². The highest BCUT2D eigenvalue weighted by atomic mass is 16.5. The van der Waals surface area contributed by atoms with Gasteiger partial charge in [0.2, 0.25) is 11.4 Å². The second-order valence-electron chi connectivity index (χ2n) is 5.37. The minimum absolute atomic E-state index is 0.151. The van der Waals surface area contributed by atoms with E-state index in [9.17, 15) is 9.59 Å². The Morgan fingerprint density at radius 2 is 2.17 bits per heavy atom. The molecule has 0 spiro atoms. The normalized spacial score (nSPS) is 14.0. The Morgan fingerprint density at radius 3 is 2.91 bits per heavy atom. The van der Waals surface area contributed by atoms with Crippen LogP contribution in [0.2, 0.25) is 0 Å². The summed E-state index contributed by atoms with van der Waals surface area (Å²) >= 11 is 0. The van der Waals surface area contributed by atoms with Crippen molar-refractivity contribution in [1.82, 2.24) is 20.2 Å². The molecule has 3 heterocycles. The number of aromatic amines is 1. The number of aromatic nitrogens is 4. The average molecular weight is 315 g/mol. The summed E-state index contributed by atoms with van der Waals surface area (Å²) < 4.78 is 5.12. The Hall–Kier alpha value is -2.77. The Balaban J connectivity index is 1.68. The lowest BCUT2D eigenvalue weighted by atomic mass is 10.3. The molecule has 1 aliphatic heterocycles. The molecule has 120 valence electrons. The molecular formula is C15H17N5O3. The van der Waals surface area contributed by atoms with Crippen molar-refractivity contribution in [3.8, 4) is 0 Å². The Kier molecular flexibility index (Phi) is 4.31. The van der Waals surface area contributed by atoms with Gasteiger partial charge in [0.25, 0.3) is 0 Å². The van der Waals surface area contributed by atoms with Crippen LogP contribution in [0.4, 0.5) is 5.95 Å². The number of ether oxygens (including phenoxy) is 1. The molecule has 1 fully saturated rings. The zero-order chi connectivity index (χ0) is 16.2. The lowest BCUT2D eigenvalue weighted by Gasteiger charge is -2.14. The summed E-state index contributed by atoms with van der Waals surface area (Å²) in [6.07, 6.45) is 3.73. The quantitative estimate of drug-likeness (QED) is 0.834. The number of esters is 1. The van der Waals surface area contributed by atoms with E-state index in [4.69, 9.17) is 4.74 Å². The van der Waals surface area contributed by atoms with Crippen LogP contribution in [0.15, 0.2) is 23.1 Å². The van der Waals surface area contributed by atoms with Gasteiger partial charge in [0.15, 0.2) is 5.69 Å². The van der Waals surface area contributed by atoms with Gasteiger partial charge in [-0.3, -0.25) is 9.89 Å². The van der Waals surface area contributed by atoms with Crippen molar-refractivity contribution in [3.63, 3.8) is 0 Å². The highest BCUT2D eigenvalue weighted by Gasteiger charge is 2.18. The molecule has 0 unspecified atom stereocenters. The number of rotatable bonds is 4. The molecule has 0 saturated carbocycles. The van der Waals surface area contributed by atoms with Gasteiger partial charge >= 0.3 is 5.97 Å². The van der Waals surface area contributed by atoms with E-state index in [-0.39, 0.29) is 23.4 Å². The molecule has 3 rings (SSSR count). The maximum absolute atomic E-state index is 12.1. The minimum atomic E-state index is -0.602. The third-order valence-corrected chi connectivity index (χ3v) is 3.58. The van der Waals surface area contributed by atoms with Gasteiger partial charge in [-0.2, -0.15) is 5.10 Å². The van der Waals surface area contributed by atoms with Crippen LogP contribution in [0.1, 0.15) is 34.7 Å². The Labute approximate surface area is 132 Å². The molecule has 1 N–H and O–H groups in total. The molecule has 2 aromatic rings. The van der Waals surface area contributed by atoms with Crippen LogP contribution in [0.3, 0.4) is 0 Å². The van der Waals surface area contributed by atoms with E-state index in [1.54, 1.807) is 6.92 Å². The molecule has 8 nitrogen and oxygen atoms in total. The van der Waals surface area contributed by atoms with Crippen molar-refractivity contribution in [3.05, 3.63) is 45.6 Å². The lowest BCUT2D eigenvalue weighted by Crippen LogP contribution is -2.22. The molecule has 8 heteroatoms. The minimum Gasteiger partial charge on any atom is -0.454 e. The van der Waals surface area contributed by atoms with Crippen molar-refractivity contribution >= 4 is 11.9 Å². The molecular weight excluding hydrogens is 298 g/mol. The van der Waals surface area contributed by atoms with Crippen LogP contribution in [-0.4, -0.2) is 39.2 Å². The van der Waals surface area contributed by atoms with E-state index in [2.05, 4.69) is 20.2 Å². The first-order valence-corrected chi connectivity index (χ1v) is 7.44. The molecule has 0 bridgehead atoms. The fraction of sp³-hybridized carbons (Fsp3) is 0.400. The lowest BCUT2D eigenvalue weighted by molar-refractivity contribution is 0.0458. The summed E-state index contributed by atoms with van der Waals surface area (Å²) in [5.41, 5.74) is 0.703. The maximum Gasteiger partial charge on any atom is 0.357 e. The van der Waals surface area contributed by atoms with E-state index in [0.29, 0.717) is 11.6 Å². The first kappa shape index (κ1) is 15.1. The first-order chi connectivity index (χ1) is 11.1. The fourth-order valence-corrected chi connectivity index (χ4v) is 2.37. The van der Waals surface area contributed by atoms with Crippen LogP contribution in [0, 0.1) is 6.92 Å². The monoisotopic (exact) mass is 315 g/mol. The van der Waals surface area contributed by atoms with Crippen molar-refractivity contribution in [2.75, 3.05) is 18.0 Å². The van der Waals surface area contributed by atoms with Crippen LogP contribution < -0.4 is 10.3 Å². The second-order valence-corrected chi connectivity index (χ2v) is 5.37. The van der Waals surface area contributed by atoms with Crippen LogP contribution in [0.5, 0.6) is 0 Å². The number of H-pyrrole nitrogens is 1. The standard InChI is InChI=1S/C15H17N5O3/c1-10-8-13(21)12(19-18-10)9-23-14(22)11-4-5-16-15(17-11)20-6-2-3-7-20/h4-5,8H,2-3,6-7,9H2,1H3,(H,18,21). The summed E-state index contributed by atoms with van der Waals surface area (Å²) in [6.45, 7) is 3.31. The highest BCUT2D eigenvalue weighted by molar-refractivity contribution is 5.87. The average Bonchev–Trinajstić information content (AvgIpc) is 3.08. The molecule has 0 atom stereocenters. The number of carbonyl (C=O) groups excluding carboxylic acids is 1. The predicted octanol–water partition coefficient (Wildman–Crippen LogP) is 0.826. The van der Waals surface area contributed by atoms with Crippen LogP contribution in [0.25, 0.3) is 0 Å². The number of hydrogen-bond acceptors (Lipinski definition) is 7. The zero-order valence-corrected chi connectivity index (χ0v) is 12.8. The molecule has 1 saturated heterocycles. The maximum atomic E-state index is 12.1. The number of nitrogens with one attached hydrogen (secondary N) is 1. The van der Waals surface area contributed by atoms with Crippen LogP contribution in [-0.2, 0) is 11.3 Å². The van der Waals surface area contributed by atoms with Crippen molar-refractivity contribution in [1.29, 1.82) is 0 Å². The zero-order valence-electron chi connectivity index (χ0n) is 12.8. The molecule has 1 aliphatic rings. The molecule has 0 radical (unpaired) electrons. The number of aryl methyl sites for hydroxylation is 1. The first-order valence-electron chi connectivity index (χ1n) is 7.44. The van der Waals surface area contributed by atoms with Crippen molar-refractivity contribution < 1.29 is 9.53 Å². The van der Waals surface area contributed by atoms with Gasteiger partial charge in [-0.1, -0.05) is 0 Å². The highest BCUT2D eigenvalue weighted by Crippen LogP contribution is 2.15. The third kappa shape index (κ3) is 3.53. The number of hydrogen-bond donors (Lipinski definition) is 1. The van der Waals surface area contributed by atoms with Gasteiger partial charge in [0.1, 0.15) is 12.3 Å². The van der Waals surface area contributed by atoms with E-state index >= 15 is 0 Å². The Bertz CT molecular complexity index is 768. The third-order valence-electron chi connectivity index (χ3n) is 3.58. The summed E-state index contributed by atoms with van der Waals surface area (Å²) in [5, 5.41) is 6.55. The van der Waals surface area contributed by atoms with Gasteiger partial charge in [-0.05, 0) is 25.8 Å². The second kappa shape index (κ2) is 6.55. The number of carbonyl (C=O) groups is 1. The molecule has 0 amide bonds. The predicted molar refractivity (Wildman–Crippen MR) is 82.2 cm³/mol. The Morgan fingerprint density at radius 1 is 1.39 bits per heavy atom. The van der Waals surface area contributed by atoms with Crippen molar-refractivity contribution in [2.45, 2.75) is 26.4 Å². The summed E-state index contributed by atoms with van der Waals surface area (Å²) in [6, 6.07) is 2.90. The summed E-state index contributed by atoms with van der Waals surface area (Å²) in [7, 11) is 0. The largest absolute Gasteiger partial charge is 0.454 e.